The van der Waals surface area contributed by atoms with Crippen LogP contribution in [0.15, 0.2) is 86.0 Å². The molecule has 0 heterocycles. The van der Waals surface area contributed by atoms with E-state index >= 15 is 0 Å². The first-order valence-electron chi connectivity index (χ1n) is 5.98. The summed E-state index contributed by atoms with van der Waals surface area (Å²) in [6.07, 6.45) is 0. The smallest absolute Gasteiger partial charge is 1.00 e. The Morgan fingerprint density at radius 2 is 1.29 bits per heavy atom. The summed E-state index contributed by atoms with van der Waals surface area (Å²) in [4.78, 5) is 0. The third-order valence-corrected chi connectivity index (χ3v) is 2.49. The zero-order chi connectivity index (χ0) is 13.2. The maximum Gasteiger partial charge on any atom is 3.00 e. The van der Waals surface area contributed by atoms with Gasteiger partial charge < -0.3 is 24.8 Å². The van der Waals surface area contributed by atoms with Crippen molar-refractivity contribution in [3.63, 3.8) is 0 Å². The molecule has 3 rings (SSSR count). The standard InChI is InChI=1S/C9H7.C7H8.C2H4.2ClH.Zr/c1-2-5-9-7-3-6-8(9)4-1;1-7-5-3-2-4-6-7;1-2;;;/h1-7H;2-6H,1H3;1-2H2;2*1H;/q-1;;;;;+3/p-2. The van der Waals surface area contributed by atoms with E-state index in [1.54, 1.807) is 0 Å². The number of halogens is 2. The Morgan fingerprint density at radius 1 is 0.762 bits per heavy atom. The summed E-state index contributed by atoms with van der Waals surface area (Å²) in [7, 11) is 0. The zero-order valence-electron chi connectivity index (χ0n) is 12.1. The van der Waals surface area contributed by atoms with Crippen LogP contribution in [0.3, 0.4) is 0 Å². The summed E-state index contributed by atoms with van der Waals surface area (Å²) in [5.41, 5.74) is 1.32. The largest absolute Gasteiger partial charge is 3.00 e. The molecule has 0 amide bonds. The van der Waals surface area contributed by atoms with Crippen molar-refractivity contribution in [1.82, 2.24) is 0 Å². The molecule has 0 saturated carbocycles. The van der Waals surface area contributed by atoms with Crippen molar-refractivity contribution in [2.75, 3.05) is 0 Å². The van der Waals surface area contributed by atoms with Gasteiger partial charge in [0.2, 0.25) is 0 Å². The quantitative estimate of drug-likeness (QED) is 0.350. The van der Waals surface area contributed by atoms with E-state index in [0.29, 0.717) is 0 Å². The molecule has 3 aromatic rings. The van der Waals surface area contributed by atoms with E-state index < -0.39 is 0 Å². The molecule has 0 fully saturated rings. The molecule has 109 valence electrons. The number of benzene rings is 2. The Bertz CT molecular complexity index is 531. The Hall–Kier alpha value is -0.747. The molecule has 3 heteroatoms. The van der Waals surface area contributed by atoms with Gasteiger partial charge in [0.1, 0.15) is 0 Å². The average molecular weight is 397 g/mol. The number of hydrogen-bond acceptors (Lipinski definition) is 0. The third-order valence-electron chi connectivity index (χ3n) is 2.49. The molecular weight excluding hydrogens is 378 g/mol. The molecule has 0 aliphatic rings. The van der Waals surface area contributed by atoms with Gasteiger partial charge in [-0.25, -0.2) is 0 Å². The van der Waals surface area contributed by atoms with Crippen molar-refractivity contribution in [3.05, 3.63) is 91.5 Å². The average Bonchev–Trinajstić information content (AvgIpc) is 2.91. The second-order valence-corrected chi connectivity index (χ2v) is 3.81. The van der Waals surface area contributed by atoms with Crippen LogP contribution < -0.4 is 24.8 Å². The van der Waals surface area contributed by atoms with E-state index in [1.807, 2.05) is 18.2 Å². The van der Waals surface area contributed by atoms with E-state index in [0.717, 1.165) is 0 Å². The van der Waals surface area contributed by atoms with Gasteiger partial charge in [-0.3, -0.25) is 0 Å². The summed E-state index contributed by atoms with van der Waals surface area (Å²) in [5, 5.41) is 2.66. The first-order chi connectivity index (χ1) is 8.86. The Balaban J connectivity index is -0.000000249. The molecule has 0 atom stereocenters. The van der Waals surface area contributed by atoms with Gasteiger partial charge in [-0.05, 0) is 6.92 Å². The zero-order valence-corrected chi connectivity index (χ0v) is 16.1. The van der Waals surface area contributed by atoms with Gasteiger partial charge in [0.05, 0.1) is 0 Å². The molecule has 0 aliphatic carbocycles. The fourth-order valence-corrected chi connectivity index (χ4v) is 1.60. The minimum atomic E-state index is 0. The molecule has 0 unspecified atom stereocenters. The van der Waals surface area contributed by atoms with Crippen LogP contribution in [0, 0.1) is 6.92 Å². The van der Waals surface area contributed by atoms with Crippen molar-refractivity contribution < 1.29 is 51.0 Å². The molecule has 3 aromatic carbocycles. The molecule has 0 aromatic heterocycles. The summed E-state index contributed by atoms with van der Waals surface area (Å²) in [5.74, 6) is 0. The Kier molecular flexibility index (Phi) is 18.8. The minimum Gasteiger partial charge on any atom is -1.00 e. The molecule has 0 spiro atoms. The predicted molar refractivity (Wildman–Crippen MR) is 82.0 cm³/mol. The maximum atomic E-state index is 3.00. The topological polar surface area (TPSA) is 0 Å². The summed E-state index contributed by atoms with van der Waals surface area (Å²) >= 11 is 0. The first-order valence-corrected chi connectivity index (χ1v) is 5.98. The molecule has 0 aliphatic heterocycles. The van der Waals surface area contributed by atoms with E-state index in [9.17, 15) is 0 Å². The molecule has 0 N–H and O–H groups in total. The van der Waals surface area contributed by atoms with E-state index in [1.165, 1.54) is 16.3 Å². The number of rotatable bonds is 0. The third kappa shape index (κ3) is 9.74. The number of hydrogen-bond donors (Lipinski definition) is 0. The number of aryl methyl sites for hydroxylation is 1. The van der Waals surface area contributed by atoms with Crippen LogP contribution in [-0.4, -0.2) is 0 Å². The normalized spacial score (nSPS) is 7.48. The van der Waals surface area contributed by atoms with Gasteiger partial charge >= 0.3 is 26.2 Å². The summed E-state index contributed by atoms with van der Waals surface area (Å²) in [6, 6.07) is 24.9. The summed E-state index contributed by atoms with van der Waals surface area (Å²) < 4.78 is 0. The Morgan fingerprint density at radius 3 is 1.76 bits per heavy atom. The van der Waals surface area contributed by atoms with Crippen LogP contribution in [0.25, 0.3) is 10.8 Å². The Labute approximate surface area is 159 Å². The van der Waals surface area contributed by atoms with Crippen molar-refractivity contribution in [2.45, 2.75) is 6.92 Å². The van der Waals surface area contributed by atoms with Crippen LogP contribution in [0.4, 0.5) is 0 Å². The van der Waals surface area contributed by atoms with Gasteiger partial charge in [0.25, 0.3) is 0 Å². The van der Waals surface area contributed by atoms with E-state index in [2.05, 4.69) is 74.7 Å². The monoisotopic (exact) mass is 395 g/mol. The summed E-state index contributed by atoms with van der Waals surface area (Å²) in [6.45, 7) is 8.08. The van der Waals surface area contributed by atoms with Gasteiger partial charge in [0.15, 0.2) is 0 Å². The van der Waals surface area contributed by atoms with Crippen LogP contribution >= 0.6 is 0 Å². The van der Waals surface area contributed by atoms with E-state index in [4.69, 9.17) is 0 Å². The molecule has 0 bridgehead atoms. The predicted octanol–water partition coefficient (Wildman–Crippen LogP) is -0.639. The van der Waals surface area contributed by atoms with Crippen molar-refractivity contribution in [3.8, 4) is 0 Å². The maximum absolute atomic E-state index is 3.00. The van der Waals surface area contributed by atoms with Gasteiger partial charge in [0, 0.05) is 0 Å². The van der Waals surface area contributed by atoms with Crippen LogP contribution in [0.2, 0.25) is 0 Å². The van der Waals surface area contributed by atoms with Crippen molar-refractivity contribution in [2.24, 2.45) is 0 Å². The number of fused-ring (bicyclic) bond motifs is 1. The molecular formula is C18H19Cl2Zr. The van der Waals surface area contributed by atoms with Crippen molar-refractivity contribution >= 4 is 10.8 Å². The first kappa shape index (κ1) is 25.2. The van der Waals surface area contributed by atoms with Gasteiger partial charge in [-0.2, -0.15) is 17.5 Å². The fourth-order valence-electron chi connectivity index (χ4n) is 1.60. The van der Waals surface area contributed by atoms with Crippen LogP contribution in [-0.2, 0) is 26.2 Å². The van der Waals surface area contributed by atoms with Crippen LogP contribution in [0.5, 0.6) is 0 Å². The molecule has 0 nitrogen and oxygen atoms in total. The fraction of sp³-hybridized carbons (Fsp3) is 0.0556. The second-order valence-electron chi connectivity index (χ2n) is 3.81. The van der Waals surface area contributed by atoms with E-state index in [-0.39, 0.29) is 51.0 Å². The molecule has 0 saturated heterocycles. The van der Waals surface area contributed by atoms with Gasteiger partial charge in [-0.1, -0.05) is 42.0 Å². The minimum absolute atomic E-state index is 0. The molecule has 21 heavy (non-hydrogen) atoms. The van der Waals surface area contributed by atoms with Crippen molar-refractivity contribution in [1.29, 1.82) is 0 Å². The SMILES string of the molecule is C=C.Cc1ccccc1.[Cl-].[Cl-].[Zr+3].c1ccc2[cH-]ccc2c1. The molecule has 1 radical (unpaired) electrons. The van der Waals surface area contributed by atoms with Crippen LogP contribution in [0.1, 0.15) is 5.56 Å². The van der Waals surface area contributed by atoms with Gasteiger partial charge in [-0.15, -0.1) is 42.8 Å². The second kappa shape index (κ2) is 15.6.